The minimum Gasteiger partial charge on any atom is -0.390 e. The van der Waals surface area contributed by atoms with Crippen LogP contribution in [0, 0.1) is 5.92 Å². The number of aliphatic hydroxyl groups is 1. The molecule has 3 heteroatoms. The van der Waals surface area contributed by atoms with Gasteiger partial charge in [0.05, 0.1) is 12.2 Å². The maximum atomic E-state index is 10.5. The van der Waals surface area contributed by atoms with E-state index in [-0.39, 0.29) is 0 Å². The SMILES string of the molecule is CCNC1CCC(O)(C2CCOC2)CC1. The summed E-state index contributed by atoms with van der Waals surface area (Å²) < 4.78 is 5.37. The fourth-order valence-electron chi connectivity index (χ4n) is 2.98. The van der Waals surface area contributed by atoms with Crippen LogP contribution >= 0.6 is 0 Å². The molecule has 0 aromatic rings. The molecule has 0 spiro atoms. The Bertz CT molecular complexity index is 194. The molecular formula is C12H23NO2. The molecule has 2 N–H and O–H groups in total. The van der Waals surface area contributed by atoms with E-state index >= 15 is 0 Å². The van der Waals surface area contributed by atoms with Crippen molar-refractivity contribution in [2.75, 3.05) is 19.8 Å². The molecule has 2 rings (SSSR count). The van der Waals surface area contributed by atoms with E-state index in [0.29, 0.717) is 12.0 Å². The Balaban J connectivity index is 1.84. The molecule has 0 amide bonds. The first kappa shape index (κ1) is 11.4. The summed E-state index contributed by atoms with van der Waals surface area (Å²) >= 11 is 0. The van der Waals surface area contributed by atoms with E-state index in [0.717, 1.165) is 51.9 Å². The van der Waals surface area contributed by atoms with Gasteiger partial charge in [-0.1, -0.05) is 6.92 Å². The van der Waals surface area contributed by atoms with E-state index in [4.69, 9.17) is 4.74 Å². The Morgan fingerprint density at radius 3 is 2.60 bits per heavy atom. The van der Waals surface area contributed by atoms with Gasteiger partial charge in [0.2, 0.25) is 0 Å². The summed E-state index contributed by atoms with van der Waals surface area (Å²) in [6.07, 6.45) is 5.15. The van der Waals surface area contributed by atoms with Crippen LogP contribution in [-0.4, -0.2) is 36.5 Å². The monoisotopic (exact) mass is 213 g/mol. The third kappa shape index (κ3) is 2.52. The third-order valence-electron chi connectivity index (χ3n) is 4.03. The normalized spacial score (nSPS) is 42.0. The first-order valence-corrected chi connectivity index (χ1v) is 6.28. The van der Waals surface area contributed by atoms with Crippen LogP contribution in [0.4, 0.5) is 0 Å². The second kappa shape index (κ2) is 4.81. The van der Waals surface area contributed by atoms with Crippen molar-refractivity contribution in [1.29, 1.82) is 0 Å². The van der Waals surface area contributed by atoms with Crippen molar-refractivity contribution in [3.05, 3.63) is 0 Å². The summed E-state index contributed by atoms with van der Waals surface area (Å²) in [5.41, 5.74) is -0.428. The predicted octanol–water partition coefficient (Wildman–Crippen LogP) is 1.31. The number of hydrogen-bond acceptors (Lipinski definition) is 3. The van der Waals surface area contributed by atoms with Gasteiger partial charge in [0, 0.05) is 18.6 Å². The van der Waals surface area contributed by atoms with Crippen molar-refractivity contribution >= 4 is 0 Å². The van der Waals surface area contributed by atoms with Crippen molar-refractivity contribution in [3.63, 3.8) is 0 Å². The fraction of sp³-hybridized carbons (Fsp3) is 1.00. The van der Waals surface area contributed by atoms with Gasteiger partial charge in [0.25, 0.3) is 0 Å². The summed E-state index contributed by atoms with van der Waals surface area (Å²) in [6, 6.07) is 0.623. The van der Waals surface area contributed by atoms with Gasteiger partial charge in [-0.25, -0.2) is 0 Å². The fourth-order valence-corrected chi connectivity index (χ4v) is 2.98. The average Bonchev–Trinajstić information content (AvgIpc) is 2.76. The number of ether oxygens (including phenoxy) is 1. The van der Waals surface area contributed by atoms with Crippen molar-refractivity contribution in [2.45, 2.75) is 50.7 Å². The molecule has 0 radical (unpaired) electrons. The summed E-state index contributed by atoms with van der Waals surface area (Å²) in [6.45, 7) is 4.78. The van der Waals surface area contributed by atoms with Crippen LogP contribution < -0.4 is 5.32 Å². The molecule has 0 aromatic heterocycles. The van der Waals surface area contributed by atoms with Crippen LogP contribution in [0.5, 0.6) is 0 Å². The molecule has 88 valence electrons. The Labute approximate surface area is 92.2 Å². The van der Waals surface area contributed by atoms with Gasteiger partial charge in [-0.05, 0) is 38.6 Å². The molecular weight excluding hydrogens is 190 g/mol. The maximum Gasteiger partial charge on any atom is 0.0699 e. The van der Waals surface area contributed by atoms with Gasteiger partial charge in [-0.15, -0.1) is 0 Å². The lowest BCUT2D eigenvalue weighted by Crippen LogP contribution is -2.46. The van der Waals surface area contributed by atoms with Crippen LogP contribution in [-0.2, 0) is 4.74 Å². The molecule has 0 bridgehead atoms. The first-order valence-electron chi connectivity index (χ1n) is 6.28. The molecule has 3 nitrogen and oxygen atoms in total. The summed E-state index contributed by atoms with van der Waals surface area (Å²) in [7, 11) is 0. The summed E-state index contributed by atoms with van der Waals surface area (Å²) in [5.74, 6) is 0.389. The molecule has 2 aliphatic rings. The van der Waals surface area contributed by atoms with E-state index in [1.54, 1.807) is 0 Å². The van der Waals surface area contributed by atoms with Crippen molar-refractivity contribution < 1.29 is 9.84 Å². The van der Waals surface area contributed by atoms with Gasteiger partial charge in [-0.2, -0.15) is 0 Å². The lowest BCUT2D eigenvalue weighted by molar-refractivity contribution is -0.0560. The van der Waals surface area contributed by atoms with Crippen LogP contribution in [0.25, 0.3) is 0 Å². The Morgan fingerprint density at radius 1 is 1.33 bits per heavy atom. The molecule has 1 heterocycles. The first-order chi connectivity index (χ1) is 7.24. The van der Waals surface area contributed by atoms with E-state index in [1.165, 1.54) is 0 Å². The largest absolute Gasteiger partial charge is 0.390 e. The number of rotatable bonds is 3. The zero-order valence-corrected chi connectivity index (χ0v) is 9.67. The highest BCUT2D eigenvalue weighted by atomic mass is 16.5. The van der Waals surface area contributed by atoms with Crippen LogP contribution in [0.3, 0.4) is 0 Å². The van der Waals surface area contributed by atoms with Crippen molar-refractivity contribution in [1.82, 2.24) is 5.32 Å². The molecule has 1 saturated heterocycles. The zero-order chi connectivity index (χ0) is 10.7. The minimum atomic E-state index is -0.428. The third-order valence-corrected chi connectivity index (χ3v) is 4.03. The van der Waals surface area contributed by atoms with E-state index in [9.17, 15) is 5.11 Å². The number of hydrogen-bond donors (Lipinski definition) is 2. The summed E-state index contributed by atoms with van der Waals surface area (Å²) in [4.78, 5) is 0. The molecule has 0 aromatic carbocycles. The van der Waals surface area contributed by atoms with Crippen LogP contribution in [0.15, 0.2) is 0 Å². The lowest BCUT2D eigenvalue weighted by Gasteiger charge is -2.39. The highest BCUT2D eigenvalue weighted by Gasteiger charge is 2.41. The molecule has 1 atom stereocenters. The van der Waals surface area contributed by atoms with E-state index in [1.807, 2.05) is 0 Å². The highest BCUT2D eigenvalue weighted by molar-refractivity contribution is 4.94. The molecule has 1 aliphatic heterocycles. The van der Waals surface area contributed by atoms with Gasteiger partial charge in [0.1, 0.15) is 0 Å². The van der Waals surface area contributed by atoms with E-state index < -0.39 is 5.60 Å². The van der Waals surface area contributed by atoms with Crippen molar-refractivity contribution in [2.24, 2.45) is 5.92 Å². The zero-order valence-electron chi connectivity index (χ0n) is 9.67. The van der Waals surface area contributed by atoms with Gasteiger partial charge in [-0.3, -0.25) is 0 Å². The molecule has 15 heavy (non-hydrogen) atoms. The van der Waals surface area contributed by atoms with Crippen LogP contribution in [0.2, 0.25) is 0 Å². The van der Waals surface area contributed by atoms with Gasteiger partial charge < -0.3 is 15.2 Å². The van der Waals surface area contributed by atoms with Crippen LogP contribution in [0.1, 0.15) is 39.0 Å². The predicted molar refractivity (Wildman–Crippen MR) is 59.8 cm³/mol. The Kier molecular flexibility index (Phi) is 3.65. The second-order valence-corrected chi connectivity index (χ2v) is 5.00. The topological polar surface area (TPSA) is 41.5 Å². The van der Waals surface area contributed by atoms with E-state index in [2.05, 4.69) is 12.2 Å². The molecule has 1 aliphatic carbocycles. The maximum absolute atomic E-state index is 10.5. The lowest BCUT2D eigenvalue weighted by atomic mass is 9.74. The average molecular weight is 213 g/mol. The minimum absolute atomic E-state index is 0.389. The second-order valence-electron chi connectivity index (χ2n) is 5.00. The van der Waals surface area contributed by atoms with Gasteiger partial charge >= 0.3 is 0 Å². The van der Waals surface area contributed by atoms with Crippen molar-refractivity contribution in [3.8, 4) is 0 Å². The number of nitrogens with one attached hydrogen (secondary N) is 1. The van der Waals surface area contributed by atoms with Gasteiger partial charge in [0.15, 0.2) is 0 Å². The summed E-state index contributed by atoms with van der Waals surface area (Å²) in [5, 5.41) is 14.0. The standard InChI is InChI=1S/C12H23NO2/c1-2-13-11-3-6-12(14,7-4-11)10-5-8-15-9-10/h10-11,13-14H,2-9H2,1H3. The quantitative estimate of drug-likeness (QED) is 0.742. The molecule has 1 saturated carbocycles. The Hall–Kier alpha value is -0.120. The Morgan fingerprint density at radius 2 is 2.07 bits per heavy atom. The smallest absolute Gasteiger partial charge is 0.0699 e. The molecule has 1 unspecified atom stereocenters. The highest BCUT2D eigenvalue weighted by Crippen LogP contribution is 2.38. The molecule has 2 fully saturated rings.